The SMILES string of the molecule is CCOc1ccc(-c2noc(-c3nn(-c4cccc(OC)c4)c(=O)c4ccccc34)n2)cc1. The van der Waals surface area contributed by atoms with E-state index in [4.69, 9.17) is 14.0 Å². The molecule has 0 aliphatic heterocycles. The summed E-state index contributed by atoms with van der Waals surface area (Å²) >= 11 is 0. The van der Waals surface area contributed by atoms with Crippen molar-refractivity contribution in [2.24, 2.45) is 0 Å². The van der Waals surface area contributed by atoms with E-state index in [2.05, 4.69) is 15.2 Å². The van der Waals surface area contributed by atoms with Crippen molar-refractivity contribution in [2.45, 2.75) is 6.92 Å². The number of nitrogens with zero attached hydrogens (tertiary/aromatic N) is 4. The Morgan fingerprint density at radius 3 is 2.48 bits per heavy atom. The fourth-order valence-corrected chi connectivity index (χ4v) is 3.57. The van der Waals surface area contributed by atoms with E-state index < -0.39 is 0 Å². The monoisotopic (exact) mass is 440 g/mol. The summed E-state index contributed by atoms with van der Waals surface area (Å²) in [7, 11) is 1.57. The van der Waals surface area contributed by atoms with Crippen LogP contribution in [0.15, 0.2) is 82.1 Å². The summed E-state index contributed by atoms with van der Waals surface area (Å²) in [4.78, 5) is 17.8. The Kier molecular flexibility index (Phi) is 5.32. The van der Waals surface area contributed by atoms with E-state index in [0.29, 0.717) is 40.3 Å². The van der Waals surface area contributed by atoms with Crippen LogP contribution in [0.3, 0.4) is 0 Å². The quantitative estimate of drug-likeness (QED) is 0.384. The third-order valence-electron chi connectivity index (χ3n) is 5.15. The predicted molar refractivity (Wildman–Crippen MR) is 124 cm³/mol. The van der Waals surface area contributed by atoms with Crippen molar-refractivity contribution in [3.63, 3.8) is 0 Å². The zero-order valence-electron chi connectivity index (χ0n) is 18.1. The first kappa shape index (κ1) is 20.4. The molecule has 0 spiro atoms. The second-order valence-electron chi connectivity index (χ2n) is 7.19. The second kappa shape index (κ2) is 8.58. The minimum absolute atomic E-state index is 0.215. The van der Waals surface area contributed by atoms with Crippen LogP contribution in [-0.4, -0.2) is 33.6 Å². The summed E-state index contributed by atoms with van der Waals surface area (Å²) in [6, 6.07) is 21.8. The van der Waals surface area contributed by atoms with Gasteiger partial charge in [-0.25, -0.2) is 0 Å². The van der Waals surface area contributed by atoms with E-state index in [0.717, 1.165) is 11.3 Å². The highest BCUT2D eigenvalue weighted by atomic mass is 16.5. The molecule has 8 heteroatoms. The predicted octanol–water partition coefficient (Wildman–Crippen LogP) is 4.51. The Balaban J connectivity index is 1.64. The third-order valence-corrected chi connectivity index (χ3v) is 5.15. The molecule has 0 radical (unpaired) electrons. The first-order valence-electron chi connectivity index (χ1n) is 10.4. The van der Waals surface area contributed by atoms with E-state index in [-0.39, 0.29) is 11.4 Å². The molecular formula is C25H20N4O4. The van der Waals surface area contributed by atoms with Gasteiger partial charge in [-0.15, -0.1) is 0 Å². The average molecular weight is 440 g/mol. The van der Waals surface area contributed by atoms with Crippen molar-refractivity contribution in [3.8, 4) is 40.2 Å². The van der Waals surface area contributed by atoms with Crippen LogP contribution in [0.2, 0.25) is 0 Å². The molecule has 0 saturated heterocycles. The molecule has 0 fully saturated rings. The van der Waals surface area contributed by atoms with Gasteiger partial charge in [-0.1, -0.05) is 29.4 Å². The topological polar surface area (TPSA) is 92.3 Å². The van der Waals surface area contributed by atoms with Crippen LogP contribution in [-0.2, 0) is 0 Å². The molecule has 5 rings (SSSR count). The Morgan fingerprint density at radius 2 is 1.73 bits per heavy atom. The van der Waals surface area contributed by atoms with Gasteiger partial charge in [0.05, 0.1) is 24.8 Å². The lowest BCUT2D eigenvalue weighted by molar-refractivity contribution is 0.340. The lowest BCUT2D eigenvalue weighted by atomic mass is 10.1. The average Bonchev–Trinajstić information content (AvgIpc) is 3.35. The third kappa shape index (κ3) is 3.82. The van der Waals surface area contributed by atoms with Crippen molar-refractivity contribution < 1.29 is 14.0 Å². The van der Waals surface area contributed by atoms with Gasteiger partial charge in [-0.3, -0.25) is 4.79 Å². The number of methoxy groups -OCH3 is 1. The molecule has 0 aliphatic carbocycles. The summed E-state index contributed by atoms with van der Waals surface area (Å²) in [5.74, 6) is 2.01. The van der Waals surface area contributed by atoms with Crippen molar-refractivity contribution in [3.05, 3.63) is 83.2 Å². The lowest BCUT2D eigenvalue weighted by Gasteiger charge is -2.10. The number of fused-ring (bicyclic) bond motifs is 1. The Bertz CT molecular complexity index is 1490. The molecule has 0 bridgehead atoms. The Labute approximate surface area is 189 Å². The number of hydrogen-bond donors (Lipinski definition) is 0. The molecule has 2 aromatic heterocycles. The van der Waals surface area contributed by atoms with Crippen LogP contribution in [0.4, 0.5) is 0 Å². The molecule has 0 atom stereocenters. The first-order chi connectivity index (χ1) is 16.2. The van der Waals surface area contributed by atoms with Crippen molar-refractivity contribution >= 4 is 10.8 Å². The van der Waals surface area contributed by atoms with E-state index >= 15 is 0 Å². The molecular weight excluding hydrogens is 420 g/mol. The van der Waals surface area contributed by atoms with Gasteiger partial charge in [0, 0.05) is 17.0 Å². The summed E-state index contributed by atoms with van der Waals surface area (Å²) in [6.45, 7) is 2.52. The van der Waals surface area contributed by atoms with Gasteiger partial charge in [0.1, 0.15) is 11.5 Å². The van der Waals surface area contributed by atoms with E-state index in [9.17, 15) is 4.79 Å². The maximum absolute atomic E-state index is 13.2. The van der Waals surface area contributed by atoms with Gasteiger partial charge < -0.3 is 14.0 Å². The molecule has 0 N–H and O–H groups in total. The minimum Gasteiger partial charge on any atom is -0.497 e. The molecule has 5 aromatic rings. The largest absolute Gasteiger partial charge is 0.497 e. The van der Waals surface area contributed by atoms with Crippen LogP contribution in [0.1, 0.15) is 6.92 Å². The van der Waals surface area contributed by atoms with Gasteiger partial charge in [0.2, 0.25) is 5.82 Å². The van der Waals surface area contributed by atoms with E-state index in [1.165, 1.54) is 4.68 Å². The van der Waals surface area contributed by atoms with Gasteiger partial charge >= 0.3 is 0 Å². The van der Waals surface area contributed by atoms with E-state index in [1.807, 2.05) is 49.4 Å². The van der Waals surface area contributed by atoms with Crippen LogP contribution in [0.25, 0.3) is 39.4 Å². The fraction of sp³-hybridized carbons (Fsp3) is 0.120. The van der Waals surface area contributed by atoms with Gasteiger partial charge in [-0.05, 0) is 49.4 Å². The minimum atomic E-state index is -0.256. The van der Waals surface area contributed by atoms with Crippen LogP contribution >= 0.6 is 0 Å². The molecule has 2 heterocycles. The summed E-state index contributed by atoms with van der Waals surface area (Å²) in [6.07, 6.45) is 0. The molecule has 0 unspecified atom stereocenters. The van der Waals surface area contributed by atoms with Crippen LogP contribution in [0.5, 0.6) is 11.5 Å². The number of benzene rings is 3. The molecule has 33 heavy (non-hydrogen) atoms. The number of aromatic nitrogens is 4. The maximum Gasteiger partial charge on any atom is 0.279 e. The maximum atomic E-state index is 13.2. The highest BCUT2D eigenvalue weighted by molar-refractivity contribution is 5.92. The van der Waals surface area contributed by atoms with Gasteiger partial charge in [-0.2, -0.15) is 14.8 Å². The fourth-order valence-electron chi connectivity index (χ4n) is 3.57. The van der Waals surface area contributed by atoms with Crippen LogP contribution in [0, 0.1) is 0 Å². The molecule has 8 nitrogen and oxygen atoms in total. The molecule has 0 saturated carbocycles. The van der Waals surface area contributed by atoms with Crippen LogP contribution < -0.4 is 15.0 Å². The number of ether oxygens (including phenoxy) is 2. The highest BCUT2D eigenvalue weighted by Crippen LogP contribution is 2.27. The molecule has 0 amide bonds. The zero-order chi connectivity index (χ0) is 22.8. The molecule has 0 aliphatic rings. The zero-order valence-corrected chi connectivity index (χ0v) is 18.1. The number of rotatable bonds is 6. The lowest BCUT2D eigenvalue weighted by Crippen LogP contribution is -2.22. The normalized spacial score (nSPS) is 11.0. The summed E-state index contributed by atoms with van der Waals surface area (Å²) in [5, 5.41) is 9.84. The number of hydrogen-bond acceptors (Lipinski definition) is 7. The smallest absolute Gasteiger partial charge is 0.279 e. The summed E-state index contributed by atoms with van der Waals surface area (Å²) < 4.78 is 17.7. The summed E-state index contributed by atoms with van der Waals surface area (Å²) in [5.41, 5.74) is 1.50. The van der Waals surface area contributed by atoms with E-state index in [1.54, 1.807) is 37.4 Å². The van der Waals surface area contributed by atoms with Gasteiger partial charge in [0.25, 0.3) is 11.4 Å². The standard InChI is InChI=1S/C25H20N4O4/c1-3-32-18-13-11-16(12-14-18)23-26-24(33-28-23)22-20-9-4-5-10-21(20)25(30)29(27-22)17-7-6-8-19(15-17)31-2/h4-15H,3H2,1-2H3. The van der Waals surface area contributed by atoms with Crippen molar-refractivity contribution in [1.29, 1.82) is 0 Å². The van der Waals surface area contributed by atoms with Gasteiger partial charge in [0.15, 0.2) is 5.69 Å². The first-order valence-corrected chi connectivity index (χ1v) is 10.4. The second-order valence-corrected chi connectivity index (χ2v) is 7.19. The highest BCUT2D eigenvalue weighted by Gasteiger charge is 2.19. The molecule has 164 valence electrons. The molecule has 3 aromatic carbocycles. The van der Waals surface area contributed by atoms with Crippen molar-refractivity contribution in [2.75, 3.05) is 13.7 Å². The Morgan fingerprint density at radius 1 is 0.939 bits per heavy atom. The van der Waals surface area contributed by atoms with Crippen molar-refractivity contribution in [1.82, 2.24) is 19.9 Å². The Hall–Kier alpha value is -4.46.